The van der Waals surface area contributed by atoms with Crippen LogP contribution in [-0.4, -0.2) is 36.2 Å². The van der Waals surface area contributed by atoms with Crippen LogP contribution in [0.25, 0.3) is 0 Å². The SMILES string of the molecule is C=C[Si](C)(C)C[Si]1(C)OC(C)(C)C[Si](C)(C)[Si]1(C)C. The predicted molar refractivity (Wildman–Crippen MR) is 99.0 cm³/mol. The summed E-state index contributed by atoms with van der Waals surface area (Å²) in [4.78, 5) is 0. The van der Waals surface area contributed by atoms with Crippen LogP contribution in [0.3, 0.4) is 0 Å². The standard InChI is InChI=1S/C14H34OSi4/c1-11-16(4,5)13-19(10)15-14(2,3)12-17(6,7)18(19,8)9/h11H,1,12-13H2,2-10H3. The van der Waals surface area contributed by atoms with Gasteiger partial charge in [-0.2, -0.15) is 0 Å². The zero-order chi connectivity index (χ0) is 15.3. The first kappa shape index (κ1) is 17.6. The van der Waals surface area contributed by atoms with Gasteiger partial charge in [0.2, 0.25) is 0 Å². The molecule has 1 rings (SSSR count). The summed E-state index contributed by atoms with van der Waals surface area (Å²) in [5, 5.41) is 0. The van der Waals surface area contributed by atoms with Gasteiger partial charge in [-0.25, -0.2) is 0 Å². The van der Waals surface area contributed by atoms with E-state index in [1.165, 1.54) is 11.7 Å². The summed E-state index contributed by atoms with van der Waals surface area (Å²) in [6.07, 6.45) is 0. The average molecular weight is 331 g/mol. The fourth-order valence-electron chi connectivity index (χ4n) is 3.97. The lowest BCUT2D eigenvalue weighted by Crippen LogP contribution is -2.79. The number of rotatable bonds is 3. The van der Waals surface area contributed by atoms with Crippen LogP contribution in [-0.2, 0) is 4.43 Å². The van der Waals surface area contributed by atoms with Crippen molar-refractivity contribution in [3.8, 4) is 0 Å². The highest BCUT2D eigenvalue weighted by Crippen LogP contribution is 2.46. The molecule has 0 aliphatic carbocycles. The van der Waals surface area contributed by atoms with Crippen molar-refractivity contribution in [2.75, 3.05) is 0 Å². The van der Waals surface area contributed by atoms with Gasteiger partial charge in [0, 0.05) is 13.2 Å². The molecule has 0 amide bonds. The van der Waals surface area contributed by atoms with E-state index in [1.807, 2.05) is 0 Å². The highest BCUT2D eigenvalue weighted by Gasteiger charge is 2.63. The summed E-state index contributed by atoms with van der Waals surface area (Å²) in [6, 6.07) is 1.35. The summed E-state index contributed by atoms with van der Waals surface area (Å²) in [7, 11) is -5.28. The smallest absolute Gasteiger partial charge is 0.172 e. The third-order valence-corrected chi connectivity index (χ3v) is 53.3. The molecule has 0 N–H and O–H groups in total. The quantitative estimate of drug-likeness (QED) is 0.668. The summed E-state index contributed by atoms with van der Waals surface area (Å²) >= 11 is 0. The van der Waals surface area contributed by atoms with Crippen LogP contribution >= 0.6 is 0 Å². The zero-order valence-corrected chi connectivity index (χ0v) is 18.6. The summed E-state index contributed by atoms with van der Waals surface area (Å²) < 4.78 is 6.87. The van der Waals surface area contributed by atoms with Crippen molar-refractivity contribution in [2.24, 2.45) is 0 Å². The Morgan fingerprint density at radius 2 is 1.63 bits per heavy atom. The van der Waals surface area contributed by atoms with Crippen LogP contribution in [0.1, 0.15) is 13.8 Å². The number of hydrogen-bond donors (Lipinski definition) is 0. The van der Waals surface area contributed by atoms with Crippen LogP contribution in [0.4, 0.5) is 0 Å². The van der Waals surface area contributed by atoms with Crippen LogP contribution in [0, 0.1) is 0 Å². The van der Waals surface area contributed by atoms with Gasteiger partial charge in [0.25, 0.3) is 0 Å². The first-order chi connectivity index (χ1) is 8.18. The molecule has 1 heterocycles. The Kier molecular flexibility index (Phi) is 4.45. The molecule has 1 nitrogen and oxygen atoms in total. The van der Waals surface area contributed by atoms with Gasteiger partial charge >= 0.3 is 0 Å². The van der Waals surface area contributed by atoms with E-state index in [2.05, 4.69) is 72.0 Å². The lowest BCUT2D eigenvalue weighted by Gasteiger charge is -2.60. The normalized spacial score (nSPS) is 32.9. The monoisotopic (exact) mass is 330 g/mol. The van der Waals surface area contributed by atoms with Crippen molar-refractivity contribution in [3.63, 3.8) is 0 Å². The molecule has 19 heavy (non-hydrogen) atoms. The van der Waals surface area contributed by atoms with E-state index in [9.17, 15) is 0 Å². The van der Waals surface area contributed by atoms with Crippen molar-refractivity contribution in [2.45, 2.75) is 77.0 Å². The van der Waals surface area contributed by atoms with E-state index in [4.69, 9.17) is 4.43 Å². The van der Waals surface area contributed by atoms with Crippen molar-refractivity contribution >= 4 is 30.6 Å². The van der Waals surface area contributed by atoms with Gasteiger partial charge in [0.05, 0.1) is 15.2 Å². The molecule has 1 unspecified atom stereocenters. The maximum Gasteiger partial charge on any atom is 0.172 e. The molecule has 0 aromatic heterocycles. The molecule has 112 valence electrons. The lowest BCUT2D eigenvalue weighted by atomic mass is 10.2. The third kappa shape index (κ3) is 3.26. The molecule has 0 aromatic rings. The Balaban J connectivity index is 3.25. The fraction of sp³-hybridized carbons (Fsp3) is 0.857. The molecule has 0 spiro atoms. The molecule has 1 aliphatic heterocycles. The zero-order valence-electron chi connectivity index (χ0n) is 14.6. The van der Waals surface area contributed by atoms with Crippen molar-refractivity contribution < 1.29 is 4.43 Å². The largest absolute Gasteiger partial charge is 0.416 e. The topological polar surface area (TPSA) is 9.23 Å². The van der Waals surface area contributed by atoms with Gasteiger partial charge in [0.1, 0.15) is 0 Å². The molecule has 0 saturated carbocycles. The molecular formula is C14H34OSi4. The molecule has 1 saturated heterocycles. The number of hydrogen-bond acceptors (Lipinski definition) is 1. The van der Waals surface area contributed by atoms with Gasteiger partial charge in [-0.3, -0.25) is 0 Å². The molecular weight excluding hydrogens is 296 g/mol. The van der Waals surface area contributed by atoms with E-state index in [1.54, 1.807) is 0 Å². The summed E-state index contributed by atoms with van der Waals surface area (Å²) in [5.74, 6) is 0. The molecule has 5 heteroatoms. The Morgan fingerprint density at radius 1 is 1.16 bits per heavy atom. The van der Waals surface area contributed by atoms with Crippen LogP contribution in [0.5, 0.6) is 0 Å². The fourth-order valence-corrected chi connectivity index (χ4v) is 52.4. The first-order valence-electron chi connectivity index (χ1n) is 7.52. The summed E-state index contributed by atoms with van der Waals surface area (Å²) in [5.41, 5.74) is 3.77. The van der Waals surface area contributed by atoms with E-state index in [0.29, 0.717) is 0 Å². The first-order valence-corrected chi connectivity index (χ1v) is 21.6. The Labute approximate surface area is 124 Å². The molecule has 1 fully saturated rings. The minimum Gasteiger partial charge on any atom is -0.416 e. The second-order valence-corrected chi connectivity index (χ2v) is 41.2. The van der Waals surface area contributed by atoms with Crippen molar-refractivity contribution in [3.05, 3.63) is 12.3 Å². The van der Waals surface area contributed by atoms with Crippen LogP contribution < -0.4 is 0 Å². The van der Waals surface area contributed by atoms with Gasteiger partial charge in [0.15, 0.2) is 7.83 Å². The minimum absolute atomic E-state index is 0.116. The lowest BCUT2D eigenvalue weighted by molar-refractivity contribution is 0.121. The average Bonchev–Trinajstić information content (AvgIpc) is 2.11. The predicted octanol–water partition coefficient (Wildman–Crippen LogP) is 4.92. The maximum atomic E-state index is 6.87. The maximum absolute atomic E-state index is 6.87. The second-order valence-electron chi connectivity index (χ2n) is 9.15. The van der Waals surface area contributed by atoms with Gasteiger partial charge in [-0.1, -0.05) is 39.3 Å². The van der Waals surface area contributed by atoms with Crippen molar-refractivity contribution in [1.82, 2.24) is 0 Å². The van der Waals surface area contributed by atoms with Gasteiger partial charge < -0.3 is 4.43 Å². The molecule has 0 aromatic carbocycles. The van der Waals surface area contributed by atoms with Crippen molar-refractivity contribution in [1.29, 1.82) is 0 Å². The van der Waals surface area contributed by atoms with Gasteiger partial charge in [-0.15, -0.1) is 12.3 Å². The highest BCUT2D eigenvalue weighted by atomic mass is 29.6. The summed E-state index contributed by atoms with van der Waals surface area (Å²) in [6.45, 7) is 26.8. The highest BCUT2D eigenvalue weighted by molar-refractivity contribution is 7.68. The Bertz CT molecular complexity index is 374. The molecule has 1 atom stereocenters. The molecule has 1 aliphatic rings. The molecule has 0 radical (unpaired) electrons. The van der Waals surface area contributed by atoms with Crippen LogP contribution in [0.15, 0.2) is 12.3 Å². The van der Waals surface area contributed by atoms with Crippen LogP contribution in [0.2, 0.25) is 57.5 Å². The minimum atomic E-state index is -1.60. The Morgan fingerprint density at radius 3 is 2.05 bits per heavy atom. The Hall–Kier alpha value is 0.568. The third-order valence-electron chi connectivity index (χ3n) is 5.73. The molecule has 0 bridgehead atoms. The second kappa shape index (κ2) is 4.80. The van der Waals surface area contributed by atoms with E-state index < -0.39 is 30.6 Å². The van der Waals surface area contributed by atoms with Gasteiger partial charge in [-0.05, 0) is 32.1 Å². The van der Waals surface area contributed by atoms with E-state index >= 15 is 0 Å². The van der Waals surface area contributed by atoms with E-state index in [-0.39, 0.29) is 5.60 Å². The van der Waals surface area contributed by atoms with E-state index in [0.717, 1.165) is 0 Å².